The number of allylic oxidation sites excluding steroid dienone is 7. The number of halogens is 2. The van der Waals surface area contributed by atoms with Gasteiger partial charge in [-0.2, -0.15) is 0 Å². The summed E-state index contributed by atoms with van der Waals surface area (Å²) in [6.45, 7) is 0. The minimum atomic E-state index is -0.0556. The van der Waals surface area contributed by atoms with Gasteiger partial charge in [-0.1, -0.05) is 51.8 Å². The number of amides is 1. The van der Waals surface area contributed by atoms with Crippen molar-refractivity contribution in [2.75, 3.05) is 0 Å². The molecule has 0 saturated carbocycles. The molecule has 0 aromatic rings. The second-order valence-electron chi connectivity index (χ2n) is 4.49. The van der Waals surface area contributed by atoms with Crippen molar-refractivity contribution in [3.63, 3.8) is 0 Å². The summed E-state index contributed by atoms with van der Waals surface area (Å²) < 4.78 is 0.982. The Kier molecular flexibility index (Phi) is 3.04. The highest BCUT2D eigenvalue weighted by Crippen LogP contribution is 2.39. The van der Waals surface area contributed by atoms with Crippen molar-refractivity contribution in [1.82, 2.24) is 5.32 Å². The Morgan fingerprint density at radius 1 is 1.33 bits per heavy atom. The van der Waals surface area contributed by atoms with E-state index in [1.807, 2.05) is 24.3 Å². The normalized spacial score (nSPS) is 30.0. The van der Waals surface area contributed by atoms with Crippen LogP contribution in [0.2, 0.25) is 0 Å². The van der Waals surface area contributed by atoms with E-state index in [-0.39, 0.29) is 17.9 Å². The lowest BCUT2D eigenvalue weighted by atomic mass is 9.78. The fourth-order valence-electron chi connectivity index (χ4n) is 2.55. The van der Waals surface area contributed by atoms with Gasteiger partial charge in [0.2, 0.25) is 5.91 Å². The first-order valence-electron chi connectivity index (χ1n) is 5.79. The number of piperidine rings is 1. The van der Waals surface area contributed by atoms with Crippen molar-refractivity contribution in [2.45, 2.75) is 12.5 Å². The van der Waals surface area contributed by atoms with Crippen LogP contribution in [0.1, 0.15) is 6.42 Å². The Hall–Kier alpha value is -1.06. The number of hydrogen-bond acceptors (Lipinski definition) is 1. The van der Waals surface area contributed by atoms with E-state index in [2.05, 4.69) is 27.3 Å². The topological polar surface area (TPSA) is 29.1 Å². The Balaban J connectivity index is 2.07. The van der Waals surface area contributed by atoms with Gasteiger partial charge in [-0.05, 0) is 24.1 Å². The average Bonchev–Trinajstić information content (AvgIpc) is 2.53. The molecule has 1 amide bonds. The molecule has 2 atom stereocenters. The lowest BCUT2D eigenvalue weighted by Gasteiger charge is -2.35. The molecule has 3 aliphatic rings. The van der Waals surface area contributed by atoms with Gasteiger partial charge in [-0.3, -0.25) is 4.79 Å². The molecular weight excluding hydrogens is 314 g/mol. The zero-order chi connectivity index (χ0) is 12.7. The molecule has 0 aromatic heterocycles. The standard InChI is InChI=1S/C14H11BrClNO/c15-12-4-2-1-3-10-9-6-5-8(16)7-11(9)14(18)17-13(10)12/h1-5,7,9,13H,6H2,(H,17,18). The molecule has 92 valence electrons. The Labute approximate surface area is 119 Å². The third kappa shape index (κ3) is 1.91. The van der Waals surface area contributed by atoms with Crippen LogP contribution in [0.5, 0.6) is 0 Å². The van der Waals surface area contributed by atoms with Crippen molar-refractivity contribution in [2.24, 2.45) is 5.92 Å². The van der Waals surface area contributed by atoms with Gasteiger partial charge in [0.1, 0.15) is 0 Å². The van der Waals surface area contributed by atoms with Gasteiger partial charge < -0.3 is 5.32 Å². The van der Waals surface area contributed by atoms with Gasteiger partial charge in [0, 0.05) is 21.0 Å². The molecule has 0 aromatic carbocycles. The predicted molar refractivity (Wildman–Crippen MR) is 76.3 cm³/mol. The van der Waals surface area contributed by atoms with Gasteiger partial charge in [-0.25, -0.2) is 0 Å². The van der Waals surface area contributed by atoms with Gasteiger partial charge in [0.05, 0.1) is 6.04 Å². The number of hydrogen-bond donors (Lipinski definition) is 1. The lowest BCUT2D eigenvalue weighted by Crippen LogP contribution is -2.46. The van der Waals surface area contributed by atoms with E-state index in [1.165, 1.54) is 5.57 Å². The molecular formula is C14H11BrClNO. The maximum absolute atomic E-state index is 12.1. The van der Waals surface area contributed by atoms with E-state index < -0.39 is 0 Å². The molecule has 4 heteroatoms. The fraction of sp³-hybridized carbons (Fsp3) is 0.214. The molecule has 1 fully saturated rings. The minimum absolute atomic E-state index is 0.0272. The van der Waals surface area contributed by atoms with Crippen LogP contribution >= 0.6 is 27.5 Å². The van der Waals surface area contributed by atoms with E-state index in [4.69, 9.17) is 11.6 Å². The number of nitrogens with one attached hydrogen (secondary N) is 1. The summed E-state index contributed by atoms with van der Waals surface area (Å²) in [6, 6.07) is -0.0556. The first-order chi connectivity index (χ1) is 8.66. The summed E-state index contributed by atoms with van der Waals surface area (Å²) in [5.41, 5.74) is 1.97. The smallest absolute Gasteiger partial charge is 0.248 e. The predicted octanol–water partition coefficient (Wildman–Crippen LogP) is 3.33. The second-order valence-corrected chi connectivity index (χ2v) is 5.84. The molecule has 0 bridgehead atoms. The van der Waals surface area contributed by atoms with Crippen LogP contribution in [0, 0.1) is 5.92 Å². The van der Waals surface area contributed by atoms with Gasteiger partial charge >= 0.3 is 0 Å². The molecule has 2 aliphatic carbocycles. The number of carbonyl (C=O) groups excluding carboxylic acids is 1. The summed E-state index contributed by atoms with van der Waals surface area (Å²) in [5.74, 6) is 0.107. The fourth-order valence-corrected chi connectivity index (χ4v) is 3.29. The monoisotopic (exact) mass is 323 g/mol. The summed E-state index contributed by atoms with van der Waals surface area (Å²) in [6.07, 6.45) is 12.6. The second kappa shape index (κ2) is 4.56. The highest BCUT2D eigenvalue weighted by Gasteiger charge is 2.37. The Bertz CT molecular complexity index is 568. The highest BCUT2D eigenvalue weighted by atomic mass is 79.9. The van der Waals surface area contributed by atoms with Gasteiger partial charge in [0.25, 0.3) is 0 Å². The third-order valence-electron chi connectivity index (χ3n) is 3.42. The van der Waals surface area contributed by atoms with Crippen LogP contribution in [0.15, 0.2) is 57.1 Å². The molecule has 1 N–H and O–H groups in total. The van der Waals surface area contributed by atoms with Crippen molar-refractivity contribution in [1.29, 1.82) is 0 Å². The zero-order valence-corrected chi connectivity index (χ0v) is 11.8. The average molecular weight is 325 g/mol. The Morgan fingerprint density at radius 2 is 2.11 bits per heavy atom. The van der Waals surface area contributed by atoms with E-state index in [1.54, 1.807) is 6.08 Å². The largest absolute Gasteiger partial charge is 0.341 e. The van der Waals surface area contributed by atoms with Crippen LogP contribution in [0.3, 0.4) is 0 Å². The van der Waals surface area contributed by atoms with Crippen LogP contribution in [0.4, 0.5) is 0 Å². The SMILES string of the molecule is O=C1NC2C(Br)=CC=CC=C2C2CC=C(Cl)C=C12. The summed E-state index contributed by atoms with van der Waals surface area (Å²) in [4.78, 5) is 12.1. The minimum Gasteiger partial charge on any atom is -0.341 e. The molecule has 2 nitrogen and oxygen atoms in total. The molecule has 3 rings (SSSR count). The molecule has 1 heterocycles. The van der Waals surface area contributed by atoms with Crippen LogP contribution in [-0.4, -0.2) is 11.9 Å². The van der Waals surface area contributed by atoms with Crippen LogP contribution in [0.25, 0.3) is 0 Å². The van der Waals surface area contributed by atoms with Crippen molar-refractivity contribution in [3.05, 3.63) is 57.1 Å². The van der Waals surface area contributed by atoms with Crippen LogP contribution in [-0.2, 0) is 4.79 Å². The van der Waals surface area contributed by atoms with Crippen molar-refractivity contribution < 1.29 is 4.79 Å². The highest BCUT2D eigenvalue weighted by molar-refractivity contribution is 9.11. The molecule has 18 heavy (non-hydrogen) atoms. The molecule has 1 aliphatic heterocycles. The molecule has 1 saturated heterocycles. The lowest BCUT2D eigenvalue weighted by molar-refractivity contribution is -0.118. The van der Waals surface area contributed by atoms with Crippen molar-refractivity contribution in [3.8, 4) is 0 Å². The third-order valence-corrected chi connectivity index (χ3v) is 4.41. The molecule has 2 unspecified atom stereocenters. The molecule has 0 spiro atoms. The van der Waals surface area contributed by atoms with E-state index in [0.717, 1.165) is 16.5 Å². The quantitative estimate of drug-likeness (QED) is 0.727. The van der Waals surface area contributed by atoms with Gasteiger partial charge in [-0.15, -0.1) is 0 Å². The van der Waals surface area contributed by atoms with E-state index in [9.17, 15) is 4.79 Å². The van der Waals surface area contributed by atoms with Crippen molar-refractivity contribution >= 4 is 33.4 Å². The Morgan fingerprint density at radius 3 is 2.94 bits per heavy atom. The first-order valence-corrected chi connectivity index (χ1v) is 6.96. The van der Waals surface area contributed by atoms with Gasteiger partial charge in [0.15, 0.2) is 0 Å². The zero-order valence-electron chi connectivity index (χ0n) is 9.49. The molecule has 0 radical (unpaired) electrons. The number of carbonyl (C=O) groups is 1. The maximum atomic E-state index is 12.1. The number of rotatable bonds is 0. The summed E-state index contributed by atoms with van der Waals surface area (Å²) in [5, 5.41) is 3.66. The maximum Gasteiger partial charge on any atom is 0.248 e. The first kappa shape index (κ1) is 12.0. The van der Waals surface area contributed by atoms with E-state index in [0.29, 0.717) is 5.03 Å². The van der Waals surface area contributed by atoms with E-state index >= 15 is 0 Å². The summed E-state index contributed by atoms with van der Waals surface area (Å²) >= 11 is 9.52. The summed E-state index contributed by atoms with van der Waals surface area (Å²) in [7, 11) is 0. The van der Waals surface area contributed by atoms with Crippen LogP contribution < -0.4 is 5.32 Å². The number of fused-ring (bicyclic) bond motifs is 3.